The maximum atomic E-state index is 12.1. The third-order valence-electron chi connectivity index (χ3n) is 3.16. The van der Waals surface area contributed by atoms with Crippen molar-refractivity contribution in [1.82, 2.24) is 9.55 Å². The van der Waals surface area contributed by atoms with Crippen molar-refractivity contribution in [2.75, 3.05) is 18.5 Å². The first-order valence-electron chi connectivity index (χ1n) is 6.42. The summed E-state index contributed by atoms with van der Waals surface area (Å²) in [6.07, 6.45) is 5.02. The average molecular weight is 273 g/mol. The third kappa shape index (κ3) is 2.45. The van der Waals surface area contributed by atoms with E-state index in [-0.39, 0.29) is 11.9 Å². The van der Waals surface area contributed by atoms with Crippen LogP contribution in [0.15, 0.2) is 36.9 Å². The van der Waals surface area contributed by atoms with Gasteiger partial charge in [-0.1, -0.05) is 0 Å². The smallest absolute Gasteiger partial charge is 0.247 e. The Morgan fingerprint density at radius 3 is 2.90 bits per heavy atom. The van der Waals surface area contributed by atoms with Crippen LogP contribution in [0.2, 0.25) is 0 Å². The molecule has 2 aromatic rings. The van der Waals surface area contributed by atoms with E-state index in [9.17, 15) is 4.79 Å². The first-order chi connectivity index (χ1) is 9.74. The summed E-state index contributed by atoms with van der Waals surface area (Å²) in [6.45, 7) is 2.89. The monoisotopic (exact) mass is 273 g/mol. The van der Waals surface area contributed by atoms with Crippen LogP contribution in [0.3, 0.4) is 0 Å². The maximum Gasteiger partial charge on any atom is 0.247 e. The number of carbonyl (C=O) groups is 1. The molecule has 0 bridgehead atoms. The quantitative estimate of drug-likeness (QED) is 0.927. The second-order valence-electron chi connectivity index (χ2n) is 4.53. The van der Waals surface area contributed by atoms with Crippen molar-refractivity contribution in [3.05, 3.63) is 36.9 Å². The van der Waals surface area contributed by atoms with Crippen molar-refractivity contribution in [2.45, 2.75) is 13.0 Å². The minimum absolute atomic E-state index is 0.111. The summed E-state index contributed by atoms with van der Waals surface area (Å²) in [4.78, 5) is 16.1. The zero-order chi connectivity index (χ0) is 13.9. The van der Waals surface area contributed by atoms with E-state index in [4.69, 9.17) is 9.47 Å². The molecule has 1 N–H and O–H groups in total. The van der Waals surface area contributed by atoms with E-state index >= 15 is 0 Å². The molecular formula is C14H15N3O3. The number of imidazole rings is 1. The van der Waals surface area contributed by atoms with Gasteiger partial charge in [-0.15, -0.1) is 0 Å². The number of amides is 1. The number of rotatable bonds is 3. The van der Waals surface area contributed by atoms with Crippen LogP contribution in [-0.4, -0.2) is 28.7 Å². The molecule has 1 unspecified atom stereocenters. The fraction of sp³-hybridized carbons (Fsp3) is 0.286. The number of fused-ring (bicyclic) bond motifs is 1. The van der Waals surface area contributed by atoms with Crippen molar-refractivity contribution in [3.63, 3.8) is 0 Å². The van der Waals surface area contributed by atoms with Gasteiger partial charge < -0.3 is 19.4 Å². The number of hydrogen-bond donors (Lipinski definition) is 1. The van der Waals surface area contributed by atoms with Gasteiger partial charge in [0.05, 0.1) is 6.33 Å². The standard InChI is InChI=1S/C14H15N3O3/c1-10(17-5-4-15-9-17)14(18)16-11-2-3-12-13(8-11)20-7-6-19-12/h2-5,8-10H,6-7H2,1H3,(H,16,18). The lowest BCUT2D eigenvalue weighted by Crippen LogP contribution is -2.23. The second kappa shape index (κ2) is 5.24. The summed E-state index contributed by atoms with van der Waals surface area (Å²) >= 11 is 0. The molecule has 20 heavy (non-hydrogen) atoms. The van der Waals surface area contributed by atoms with Gasteiger partial charge >= 0.3 is 0 Å². The molecule has 6 heteroatoms. The number of nitrogens with one attached hydrogen (secondary N) is 1. The zero-order valence-electron chi connectivity index (χ0n) is 11.1. The Hall–Kier alpha value is -2.50. The van der Waals surface area contributed by atoms with Gasteiger partial charge in [0.1, 0.15) is 19.3 Å². The van der Waals surface area contributed by atoms with Gasteiger partial charge in [0.15, 0.2) is 11.5 Å². The summed E-state index contributed by atoms with van der Waals surface area (Å²) in [5, 5.41) is 2.86. The Bertz CT molecular complexity index is 610. The number of aromatic nitrogens is 2. The molecule has 0 spiro atoms. The molecule has 3 rings (SSSR count). The highest BCUT2D eigenvalue weighted by Gasteiger charge is 2.16. The Kier molecular flexibility index (Phi) is 3.28. The van der Waals surface area contributed by atoms with Gasteiger partial charge in [-0.25, -0.2) is 4.98 Å². The molecule has 0 saturated heterocycles. The van der Waals surface area contributed by atoms with Gasteiger partial charge in [0, 0.05) is 24.1 Å². The molecule has 104 valence electrons. The Balaban J connectivity index is 1.73. The number of hydrogen-bond acceptors (Lipinski definition) is 4. The SMILES string of the molecule is CC(C(=O)Nc1ccc2c(c1)OCCO2)n1ccnc1. The predicted octanol–water partition coefficient (Wildman–Crippen LogP) is 1.85. The van der Waals surface area contributed by atoms with Crippen LogP contribution >= 0.6 is 0 Å². The number of nitrogens with zero attached hydrogens (tertiary/aromatic N) is 2. The molecule has 0 saturated carbocycles. The summed E-state index contributed by atoms with van der Waals surface area (Å²) in [6, 6.07) is 5.04. The summed E-state index contributed by atoms with van der Waals surface area (Å²) < 4.78 is 12.7. The molecule has 1 aliphatic heterocycles. The van der Waals surface area contributed by atoms with Gasteiger partial charge in [-0.05, 0) is 19.1 Å². The number of benzene rings is 1. The van der Waals surface area contributed by atoms with Crippen LogP contribution in [0.5, 0.6) is 11.5 Å². The normalized spacial score (nSPS) is 14.7. The van der Waals surface area contributed by atoms with E-state index < -0.39 is 0 Å². The molecule has 1 aromatic heterocycles. The fourth-order valence-electron chi connectivity index (χ4n) is 2.00. The lowest BCUT2D eigenvalue weighted by molar-refractivity contribution is -0.118. The molecule has 0 aliphatic carbocycles. The first kappa shape index (κ1) is 12.5. The Morgan fingerprint density at radius 1 is 1.35 bits per heavy atom. The van der Waals surface area contributed by atoms with Crippen molar-refractivity contribution < 1.29 is 14.3 Å². The minimum atomic E-state index is -0.328. The summed E-state index contributed by atoms with van der Waals surface area (Å²) in [5.41, 5.74) is 0.686. The predicted molar refractivity (Wildman–Crippen MR) is 73.0 cm³/mol. The molecule has 2 heterocycles. The van der Waals surface area contributed by atoms with E-state index in [0.717, 1.165) is 0 Å². The van der Waals surface area contributed by atoms with Crippen molar-refractivity contribution in [3.8, 4) is 11.5 Å². The number of carbonyl (C=O) groups excluding carboxylic acids is 1. The lowest BCUT2D eigenvalue weighted by Gasteiger charge is -2.19. The Morgan fingerprint density at radius 2 is 2.15 bits per heavy atom. The first-order valence-corrected chi connectivity index (χ1v) is 6.42. The van der Waals surface area contributed by atoms with Crippen LogP contribution in [-0.2, 0) is 4.79 Å². The van der Waals surface area contributed by atoms with Gasteiger partial charge in [-0.3, -0.25) is 4.79 Å². The maximum absolute atomic E-state index is 12.1. The summed E-state index contributed by atoms with van der Waals surface area (Å²) in [7, 11) is 0. The van der Waals surface area contributed by atoms with Crippen LogP contribution < -0.4 is 14.8 Å². The molecule has 1 amide bonds. The fourth-order valence-corrected chi connectivity index (χ4v) is 2.00. The molecule has 1 atom stereocenters. The van der Waals surface area contributed by atoms with Gasteiger partial charge in [0.2, 0.25) is 5.91 Å². The van der Waals surface area contributed by atoms with Gasteiger partial charge in [0.25, 0.3) is 0 Å². The van der Waals surface area contributed by atoms with Crippen LogP contribution in [0, 0.1) is 0 Å². The second-order valence-corrected chi connectivity index (χ2v) is 4.53. The Labute approximate surface area is 116 Å². The molecule has 6 nitrogen and oxygen atoms in total. The van der Waals surface area contributed by atoms with E-state index in [1.807, 2.05) is 6.92 Å². The van der Waals surface area contributed by atoms with Crippen LogP contribution in [0.1, 0.15) is 13.0 Å². The van der Waals surface area contributed by atoms with Gasteiger partial charge in [-0.2, -0.15) is 0 Å². The van der Waals surface area contributed by atoms with Crippen molar-refractivity contribution >= 4 is 11.6 Å². The van der Waals surface area contributed by atoms with Crippen molar-refractivity contribution in [1.29, 1.82) is 0 Å². The van der Waals surface area contributed by atoms with E-state index in [2.05, 4.69) is 10.3 Å². The van der Waals surface area contributed by atoms with E-state index in [0.29, 0.717) is 30.4 Å². The zero-order valence-corrected chi connectivity index (χ0v) is 11.1. The highest BCUT2D eigenvalue weighted by atomic mass is 16.6. The van der Waals surface area contributed by atoms with Crippen molar-refractivity contribution in [2.24, 2.45) is 0 Å². The third-order valence-corrected chi connectivity index (χ3v) is 3.16. The van der Waals surface area contributed by atoms with E-state index in [1.165, 1.54) is 0 Å². The van der Waals surface area contributed by atoms with Crippen LogP contribution in [0.4, 0.5) is 5.69 Å². The number of ether oxygens (including phenoxy) is 2. The number of anilines is 1. The lowest BCUT2D eigenvalue weighted by atomic mass is 10.2. The molecule has 1 aliphatic rings. The molecule has 0 radical (unpaired) electrons. The topological polar surface area (TPSA) is 65.4 Å². The highest BCUT2D eigenvalue weighted by molar-refractivity contribution is 5.93. The largest absolute Gasteiger partial charge is 0.486 e. The molecule has 1 aromatic carbocycles. The van der Waals surface area contributed by atoms with Crippen LogP contribution in [0.25, 0.3) is 0 Å². The molecular weight excluding hydrogens is 258 g/mol. The van der Waals surface area contributed by atoms with E-state index in [1.54, 1.807) is 41.5 Å². The summed E-state index contributed by atoms with van der Waals surface area (Å²) in [5.74, 6) is 1.25. The molecule has 0 fully saturated rings. The minimum Gasteiger partial charge on any atom is -0.486 e. The highest BCUT2D eigenvalue weighted by Crippen LogP contribution is 2.32. The average Bonchev–Trinajstić information content (AvgIpc) is 3.00.